The van der Waals surface area contributed by atoms with Crippen molar-refractivity contribution in [3.05, 3.63) is 34.7 Å². The molecule has 0 spiro atoms. The zero-order chi connectivity index (χ0) is 14.4. The highest BCUT2D eigenvalue weighted by Crippen LogP contribution is 2.32. The lowest BCUT2D eigenvalue weighted by Gasteiger charge is -2.05. The van der Waals surface area contributed by atoms with Crippen molar-refractivity contribution in [1.82, 2.24) is 5.32 Å². The predicted octanol–water partition coefficient (Wildman–Crippen LogP) is 4.77. The Morgan fingerprint density at radius 2 is 1.95 bits per heavy atom. The minimum Gasteiger partial charge on any atom is -0.351 e. The van der Waals surface area contributed by atoms with Crippen LogP contribution in [0.2, 0.25) is 0 Å². The van der Waals surface area contributed by atoms with Gasteiger partial charge in [0.25, 0.3) is 5.91 Å². The number of carbonyl (C=O) groups excluding carboxylic acids is 1. The fraction of sp³-hybridized carbons (Fsp3) is 0.471. The van der Waals surface area contributed by atoms with Crippen LogP contribution < -0.4 is 5.32 Å². The van der Waals surface area contributed by atoms with Crippen LogP contribution in [0.1, 0.15) is 54.8 Å². The molecule has 1 N–H and O–H groups in total. The van der Waals surface area contributed by atoms with Crippen LogP contribution in [0.5, 0.6) is 0 Å². The van der Waals surface area contributed by atoms with E-state index in [4.69, 9.17) is 0 Å². The van der Waals surface area contributed by atoms with Gasteiger partial charge < -0.3 is 5.32 Å². The fourth-order valence-corrected chi connectivity index (χ4v) is 3.61. The molecule has 0 aliphatic rings. The van der Waals surface area contributed by atoms with E-state index in [1.165, 1.54) is 28.5 Å². The third-order valence-electron chi connectivity index (χ3n) is 3.47. The van der Waals surface area contributed by atoms with E-state index < -0.39 is 0 Å². The zero-order valence-electron chi connectivity index (χ0n) is 12.4. The molecule has 0 saturated carbocycles. The number of benzene rings is 1. The molecule has 0 aliphatic carbocycles. The Labute approximate surface area is 125 Å². The van der Waals surface area contributed by atoms with Crippen molar-refractivity contribution in [2.24, 2.45) is 0 Å². The smallest absolute Gasteiger partial charge is 0.261 e. The Bertz CT molecular complexity index is 573. The monoisotopic (exact) mass is 289 g/mol. The standard InChI is InChI=1S/C17H23NOS/c1-3-5-8-12-18-17(19)16-14(9-4-2)13-10-6-7-11-15(13)20-16/h6-7,10-11H,3-5,8-9,12H2,1-2H3,(H,18,19). The third-order valence-corrected chi connectivity index (χ3v) is 4.68. The highest BCUT2D eigenvalue weighted by atomic mass is 32.1. The second-order valence-electron chi connectivity index (χ2n) is 5.12. The summed E-state index contributed by atoms with van der Waals surface area (Å²) < 4.78 is 1.22. The molecule has 0 bridgehead atoms. The number of thiophene rings is 1. The lowest BCUT2D eigenvalue weighted by molar-refractivity contribution is 0.0956. The van der Waals surface area contributed by atoms with Crippen molar-refractivity contribution in [2.75, 3.05) is 6.54 Å². The first-order valence-corrected chi connectivity index (χ1v) is 8.38. The molecule has 0 unspecified atom stereocenters. The molecule has 2 rings (SSSR count). The summed E-state index contributed by atoms with van der Waals surface area (Å²) in [6.07, 6.45) is 5.46. The Morgan fingerprint density at radius 3 is 2.70 bits per heavy atom. The second kappa shape index (κ2) is 7.44. The Balaban J connectivity index is 2.19. The number of unbranched alkanes of at least 4 members (excludes halogenated alkanes) is 2. The van der Waals surface area contributed by atoms with Gasteiger partial charge in [0.05, 0.1) is 4.88 Å². The van der Waals surface area contributed by atoms with Crippen LogP contribution in [0.4, 0.5) is 0 Å². The molecule has 1 heterocycles. The average molecular weight is 289 g/mol. The topological polar surface area (TPSA) is 29.1 Å². The van der Waals surface area contributed by atoms with Crippen molar-refractivity contribution in [1.29, 1.82) is 0 Å². The van der Waals surface area contributed by atoms with E-state index in [1.54, 1.807) is 11.3 Å². The van der Waals surface area contributed by atoms with Crippen molar-refractivity contribution < 1.29 is 4.79 Å². The summed E-state index contributed by atoms with van der Waals surface area (Å²) in [5.74, 6) is 0.103. The van der Waals surface area contributed by atoms with Crippen LogP contribution in [0.15, 0.2) is 24.3 Å². The first kappa shape index (κ1) is 15.0. The van der Waals surface area contributed by atoms with Gasteiger partial charge in [-0.1, -0.05) is 51.3 Å². The van der Waals surface area contributed by atoms with Crippen molar-refractivity contribution in [2.45, 2.75) is 46.0 Å². The SMILES string of the molecule is CCCCCNC(=O)c1sc2ccccc2c1CCC. The highest BCUT2D eigenvalue weighted by Gasteiger charge is 2.16. The van der Waals surface area contributed by atoms with Gasteiger partial charge in [0.15, 0.2) is 0 Å². The van der Waals surface area contributed by atoms with Crippen molar-refractivity contribution in [3.8, 4) is 0 Å². The Morgan fingerprint density at radius 1 is 1.15 bits per heavy atom. The maximum Gasteiger partial charge on any atom is 0.261 e. The van der Waals surface area contributed by atoms with Gasteiger partial charge in [-0.05, 0) is 29.9 Å². The molecule has 2 nitrogen and oxygen atoms in total. The quantitative estimate of drug-likeness (QED) is 0.731. The molecule has 1 aromatic carbocycles. The Kier molecular flexibility index (Phi) is 5.60. The van der Waals surface area contributed by atoms with E-state index in [2.05, 4.69) is 37.4 Å². The molecule has 0 atom stereocenters. The minimum absolute atomic E-state index is 0.103. The molecule has 20 heavy (non-hydrogen) atoms. The average Bonchev–Trinajstić information content (AvgIpc) is 2.83. The molecule has 0 fully saturated rings. The fourth-order valence-electron chi connectivity index (χ4n) is 2.44. The third kappa shape index (κ3) is 3.40. The number of carbonyl (C=O) groups is 1. The number of hydrogen-bond donors (Lipinski definition) is 1. The van der Waals surface area contributed by atoms with E-state index in [0.29, 0.717) is 0 Å². The molecule has 3 heteroatoms. The van der Waals surface area contributed by atoms with Crippen LogP contribution in [0.3, 0.4) is 0 Å². The van der Waals surface area contributed by atoms with Crippen LogP contribution >= 0.6 is 11.3 Å². The molecule has 0 radical (unpaired) electrons. The largest absolute Gasteiger partial charge is 0.351 e. The molecular weight excluding hydrogens is 266 g/mol. The van der Waals surface area contributed by atoms with Gasteiger partial charge in [-0.2, -0.15) is 0 Å². The van der Waals surface area contributed by atoms with Gasteiger partial charge in [0.2, 0.25) is 0 Å². The van der Waals surface area contributed by atoms with Gasteiger partial charge in [-0.25, -0.2) is 0 Å². The van der Waals surface area contributed by atoms with E-state index in [1.807, 2.05) is 6.07 Å². The van der Waals surface area contributed by atoms with Crippen LogP contribution in [-0.4, -0.2) is 12.5 Å². The summed E-state index contributed by atoms with van der Waals surface area (Å²) in [6.45, 7) is 5.12. The lowest BCUT2D eigenvalue weighted by Crippen LogP contribution is -2.24. The zero-order valence-corrected chi connectivity index (χ0v) is 13.2. The molecule has 1 aromatic heterocycles. The van der Waals surface area contributed by atoms with E-state index in [-0.39, 0.29) is 5.91 Å². The number of fused-ring (bicyclic) bond motifs is 1. The number of hydrogen-bond acceptors (Lipinski definition) is 2. The summed E-state index contributed by atoms with van der Waals surface area (Å²) in [5.41, 5.74) is 1.22. The minimum atomic E-state index is 0.103. The summed E-state index contributed by atoms with van der Waals surface area (Å²) in [5, 5.41) is 4.31. The van der Waals surface area contributed by atoms with Crippen molar-refractivity contribution in [3.63, 3.8) is 0 Å². The number of rotatable bonds is 7. The van der Waals surface area contributed by atoms with Crippen LogP contribution in [0.25, 0.3) is 10.1 Å². The number of nitrogens with one attached hydrogen (secondary N) is 1. The van der Waals surface area contributed by atoms with Gasteiger partial charge in [0, 0.05) is 11.2 Å². The highest BCUT2D eigenvalue weighted by molar-refractivity contribution is 7.21. The molecular formula is C17H23NOS. The van der Waals surface area contributed by atoms with E-state index >= 15 is 0 Å². The lowest BCUT2D eigenvalue weighted by atomic mass is 10.1. The second-order valence-corrected chi connectivity index (χ2v) is 6.17. The van der Waals surface area contributed by atoms with Gasteiger partial charge in [0.1, 0.15) is 0 Å². The predicted molar refractivity (Wildman–Crippen MR) is 87.7 cm³/mol. The summed E-state index contributed by atoms with van der Waals surface area (Å²) in [7, 11) is 0. The summed E-state index contributed by atoms with van der Waals surface area (Å²) in [6, 6.07) is 8.33. The normalized spacial score (nSPS) is 10.9. The maximum absolute atomic E-state index is 12.4. The van der Waals surface area contributed by atoms with Gasteiger partial charge >= 0.3 is 0 Å². The summed E-state index contributed by atoms with van der Waals surface area (Å²) in [4.78, 5) is 13.3. The molecule has 2 aromatic rings. The number of amides is 1. The van der Waals surface area contributed by atoms with Crippen molar-refractivity contribution >= 4 is 27.3 Å². The van der Waals surface area contributed by atoms with Crippen LogP contribution in [-0.2, 0) is 6.42 Å². The molecule has 0 aliphatic heterocycles. The van der Waals surface area contributed by atoms with E-state index in [0.717, 1.165) is 30.7 Å². The maximum atomic E-state index is 12.4. The first-order valence-electron chi connectivity index (χ1n) is 7.56. The van der Waals surface area contributed by atoms with Gasteiger partial charge in [-0.3, -0.25) is 4.79 Å². The first-order chi connectivity index (χ1) is 9.77. The molecule has 0 saturated heterocycles. The molecule has 1 amide bonds. The van der Waals surface area contributed by atoms with Crippen LogP contribution in [0, 0.1) is 0 Å². The summed E-state index contributed by atoms with van der Waals surface area (Å²) >= 11 is 1.62. The van der Waals surface area contributed by atoms with E-state index in [9.17, 15) is 4.79 Å². The Hall–Kier alpha value is -1.35. The van der Waals surface area contributed by atoms with Gasteiger partial charge in [-0.15, -0.1) is 11.3 Å². The number of aryl methyl sites for hydroxylation is 1. The molecule has 108 valence electrons.